The first-order chi connectivity index (χ1) is 12.6. The van der Waals surface area contributed by atoms with Crippen molar-refractivity contribution in [2.45, 2.75) is 45.6 Å². The van der Waals surface area contributed by atoms with Crippen molar-refractivity contribution < 1.29 is 4.79 Å². The van der Waals surface area contributed by atoms with Crippen LogP contribution < -0.4 is 5.32 Å². The summed E-state index contributed by atoms with van der Waals surface area (Å²) in [5, 5.41) is 3.19. The minimum absolute atomic E-state index is 0. The zero-order chi connectivity index (χ0) is 18.4. The number of carbonyl (C=O) groups is 1. The molecule has 0 aromatic heterocycles. The largest absolute Gasteiger partial charge is 0.350 e. The molecule has 0 bridgehead atoms. The third kappa shape index (κ3) is 5.82. The molecule has 0 saturated carbocycles. The van der Waals surface area contributed by atoms with Gasteiger partial charge in [-0.05, 0) is 57.0 Å². The van der Waals surface area contributed by atoms with Crippen LogP contribution in [0.1, 0.15) is 58.8 Å². The number of nitrogens with one attached hydrogen (secondary N) is 1. The molecule has 1 atom stereocenters. The van der Waals surface area contributed by atoms with E-state index in [-0.39, 0.29) is 24.4 Å². The first kappa shape index (κ1) is 21.5. The molecule has 1 fully saturated rings. The molecule has 1 aliphatic rings. The van der Waals surface area contributed by atoms with Crippen molar-refractivity contribution >= 4 is 18.3 Å². The van der Waals surface area contributed by atoms with Gasteiger partial charge in [0, 0.05) is 12.1 Å². The molecule has 1 heterocycles. The van der Waals surface area contributed by atoms with Gasteiger partial charge in [0.2, 0.25) is 0 Å². The Bertz CT molecular complexity index is 721. The van der Waals surface area contributed by atoms with Crippen LogP contribution >= 0.6 is 12.4 Å². The average Bonchev–Trinajstić information content (AvgIpc) is 2.93. The highest BCUT2D eigenvalue weighted by Gasteiger charge is 2.22. The molecule has 0 radical (unpaired) electrons. The van der Waals surface area contributed by atoms with Crippen molar-refractivity contribution in [2.75, 3.05) is 19.6 Å². The smallest absolute Gasteiger partial charge is 0.251 e. The number of hydrogen-bond donors (Lipinski definition) is 1. The van der Waals surface area contributed by atoms with Crippen molar-refractivity contribution in [2.24, 2.45) is 0 Å². The summed E-state index contributed by atoms with van der Waals surface area (Å²) in [6.07, 6.45) is 5.11. The average molecular weight is 387 g/mol. The number of benzene rings is 2. The molecule has 0 aliphatic carbocycles. The van der Waals surface area contributed by atoms with E-state index in [4.69, 9.17) is 0 Å². The maximum Gasteiger partial charge on any atom is 0.251 e. The predicted molar refractivity (Wildman–Crippen MR) is 115 cm³/mol. The summed E-state index contributed by atoms with van der Waals surface area (Å²) < 4.78 is 0. The molecular weight excluding hydrogens is 356 g/mol. The molecule has 1 aliphatic heterocycles. The summed E-state index contributed by atoms with van der Waals surface area (Å²) in [5.41, 5.74) is 4.35. The fraction of sp³-hybridized carbons (Fsp3) is 0.435. The van der Waals surface area contributed by atoms with Gasteiger partial charge in [-0.1, -0.05) is 60.9 Å². The van der Waals surface area contributed by atoms with Gasteiger partial charge in [0.15, 0.2) is 0 Å². The number of likely N-dealkylation sites (tertiary alicyclic amines) is 1. The normalized spacial score (nSPS) is 16.1. The predicted octanol–water partition coefficient (Wildman–Crippen LogP) is 5.07. The van der Waals surface area contributed by atoms with Crippen molar-refractivity contribution in [3.8, 4) is 0 Å². The minimum atomic E-state index is 0. The zero-order valence-electron chi connectivity index (χ0n) is 16.4. The van der Waals surface area contributed by atoms with Crippen LogP contribution in [0.5, 0.6) is 0 Å². The number of halogens is 1. The molecule has 1 N–H and O–H groups in total. The highest BCUT2D eigenvalue weighted by molar-refractivity contribution is 5.95. The van der Waals surface area contributed by atoms with Gasteiger partial charge in [-0.15, -0.1) is 12.4 Å². The molecule has 3 rings (SSSR count). The second kappa shape index (κ2) is 10.5. The first-order valence-corrected chi connectivity index (χ1v) is 9.79. The van der Waals surface area contributed by atoms with E-state index >= 15 is 0 Å². The van der Waals surface area contributed by atoms with Crippen LogP contribution in [0.15, 0.2) is 48.5 Å². The molecule has 3 nitrogen and oxygen atoms in total. The molecule has 2 aromatic carbocycles. The Balaban J connectivity index is 0.00000261. The van der Waals surface area contributed by atoms with Gasteiger partial charge in [-0.3, -0.25) is 9.69 Å². The highest BCUT2D eigenvalue weighted by atomic mass is 35.5. The number of carbonyl (C=O) groups excluding carboxylic acids is 1. The van der Waals surface area contributed by atoms with E-state index in [0.29, 0.717) is 6.54 Å². The Morgan fingerprint density at radius 2 is 1.59 bits per heavy atom. The summed E-state index contributed by atoms with van der Waals surface area (Å²) >= 11 is 0. The van der Waals surface area contributed by atoms with Gasteiger partial charge in [0.05, 0.1) is 6.04 Å². The maximum atomic E-state index is 12.7. The molecule has 1 amide bonds. The van der Waals surface area contributed by atoms with Crippen molar-refractivity contribution in [3.63, 3.8) is 0 Å². The van der Waals surface area contributed by atoms with E-state index < -0.39 is 0 Å². The molecule has 1 saturated heterocycles. The van der Waals surface area contributed by atoms with E-state index in [1.807, 2.05) is 31.2 Å². The zero-order valence-corrected chi connectivity index (χ0v) is 17.2. The Hall–Kier alpha value is -1.84. The summed E-state index contributed by atoms with van der Waals surface area (Å²) in [7, 11) is 0. The van der Waals surface area contributed by atoms with Gasteiger partial charge in [0.1, 0.15) is 0 Å². The Labute approximate surface area is 169 Å². The number of rotatable bonds is 5. The lowest BCUT2D eigenvalue weighted by Gasteiger charge is -2.31. The van der Waals surface area contributed by atoms with Crippen LogP contribution in [0.2, 0.25) is 0 Å². The summed E-state index contributed by atoms with van der Waals surface area (Å²) in [4.78, 5) is 15.2. The van der Waals surface area contributed by atoms with Crippen LogP contribution in [-0.2, 0) is 0 Å². The monoisotopic (exact) mass is 386 g/mol. The number of hydrogen-bond acceptors (Lipinski definition) is 2. The molecule has 2 aromatic rings. The van der Waals surface area contributed by atoms with Gasteiger partial charge < -0.3 is 5.32 Å². The summed E-state index contributed by atoms with van der Waals surface area (Å²) in [5.74, 6) is 0.0232. The molecule has 1 unspecified atom stereocenters. The van der Waals surface area contributed by atoms with E-state index in [2.05, 4.69) is 41.4 Å². The minimum Gasteiger partial charge on any atom is -0.350 e. The van der Waals surface area contributed by atoms with Gasteiger partial charge in [0.25, 0.3) is 5.91 Å². The Morgan fingerprint density at radius 1 is 0.963 bits per heavy atom. The molecular formula is C23H31ClN2O. The number of amides is 1. The topological polar surface area (TPSA) is 32.3 Å². The van der Waals surface area contributed by atoms with Crippen molar-refractivity contribution in [1.82, 2.24) is 10.2 Å². The van der Waals surface area contributed by atoms with Gasteiger partial charge in [-0.25, -0.2) is 0 Å². The third-order valence-corrected chi connectivity index (χ3v) is 5.39. The highest BCUT2D eigenvalue weighted by Crippen LogP contribution is 2.24. The van der Waals surface area contributed by atoms with Crippen LogP contribution in [0.25, 0.3) is 0 Å². The second-order valence-corrected chi connectivity index (χ2v) is 7.40. The van der Waals surface area contributed by atoms with E-state index in [1.165, 1.54) is 36.8 Å². The van der Waals surface area contributed by atoms with E-state index in [0.717, 1.165) is 24.2 Å². The number of aryl methyl sites for hydroxylation is 2. The lowest BCUT2D eigenvalue weighted by molar-refractivity contribution is 0.0932. The SMILES string of the molecule is Cc1ccc(C(CNC(=O)c2ccccc2C)N2CCCCCC2)cc1.Cl. The second-order valence-electron chi connectivity index (χ2n) is 7.40. The third-order valence-electron chi connectivity index (χ3n) is 5.39. The van der Waals surface area contributed by atoms with Crippen LogP contribution in [-0.4, -0.2) is 30.4 Å². The molecule has 4 heteroatoms. The summed E-state index contributed by atoms with van der Waals surface area (Å²) in [6, 6.07) is 16.8. The lowest BCUT2D eigenvalue weighted by Crippen LogP contribution is -2.38. The van der Waals surface area contributed by atoms with E-state index in [1.54, 1.807) is 0 Å². The first-order valence-electron chi connectivity index (χ1n) is 9.79. The molecule has 146 valence electrons. The Kier molecular flexibility index (Phi) is 8.33. The van der Waals surface area contributed by atoms with Crippen LogP contribution in [0.4, 0.5) is 0 Å². The Morgan fingerprint density at radius 3 is 2.22 bits per heavy atom. The maximum absolute atomic E-state index is 12.7. The van der Waals surface area contributed by atoms with Gasteiger partial charge >= 0.3 is 0 Å². The summed E-state index contributed by atoms with van der Waals surface area (Å²) in [6.45, 7) is 6.97. The fourth-order valence-corrected chi connectivity index (χ4v) is 3.77. The lowest BCUT2D eigenvalue weighted by atomic mass is 10.0. The standard InChI is InChI=1S/C23H30N2O.ClH/c1-18-11-13-20(14-12-18)22(25-15-7-3-4-8-16-25)17-24-23(26)21-10-6-5-9-19(21)2;/h5-6,9-14,22H,3-4,7-8,15-17H2,1-2H3,(H,24,26);1H. The molecule has 27 heavy (non-hydrogen) atoms. The van der Waals surface area contributed by atoms with Gasteiger partial charge in [-0.2, -0.15) is 0 Å². The molecule has 0 spiro atoms. The van der Waals surface area contributed by atoms with E-state index in [9.17, 15) is 4.79 Å². The quantitative estimate of drug-likeness (QED) is 0.777. The van der Waals surface area contributed by atoms with Crippen molar-refractivity contribution in [3.05, 3.63) is 70.8 Å². The van der Waals surface area contributed by atoms with Crippen molar-refractivity contribution in [1.29, 1.82) is 0 Å². The number of nitrogens with zero attached hydrogens (tertiary/aromatic N) is 1. The van der Waals surface area contributed by atoms with Crippen LogP contribution in [0.3, 0.4) is 0 Å². The fourth-order valence-electron chi connectivity index (χ4n) is 3.77. The van der Waals surface area contributed by atoms with Crippen LogP contribution in [0, 0.1) is 13.8 Å².